The minimum absolute atomic E-state index is 0.269. The summed E-state index contributed by atoms with van der Waals surface area (Å²) in [5, 5.41) is 8.27. The van der Waals surface area contributed by atoms with Crippen molar-refractivity contribution in [1.82, 2.24) is 20.9 Å². The van der Waals surface area contributed by atoms with Gasteiger partial charge in [-0.1, -0.05) is 74.1 Å². The summed E-state index contributed by atoms with van der Waals surface area (Å²) in [4.78, 5) is 64.5. The fourth-order valence-corrected chi connectivity index (χ4v) is 4.36. The minimum atomic E-state index is -1.08. The second kappa shape index (κ2) is 16.5. The summed E-state index contributed by atoms with van der Waals surface area (Å²) >= 11 is 0. The summed E-state index contributed by atoms with van der Waals surface area (Å²) < 4.78 is 0. The third-order valence-electron chi connectivity index (χ3n) is 6.39. The maximum absolute atomic E-state index is 13.5. The number of hydrogen-bond acceptors (Lipinski definition) is 5. The predicted molar refractivity (Wildman–Crippen MR) is 155 cm³/mol. The SMILES string of the molecule is CC.CC(C)(C)NC(=O)NC(C(=O)N1CCCC1C(=O)NC(CC1CCC1)C(=O)C(N)=O)C(C)(C)C.CCC. The Balaban J connectivity index is 0.00000269. The number of nitrogens with zero attached hydrogens (tertiary/aromatic N) is 1. The Labute approximate surface area is 236 Å². The summed E-state index contributed by atoms with van der Waals surface area (Å²) in [6.07, 6.45) is 5.62. The van der Waals surface area contributed by atoms with E-state index in [1.807, 2.05) is 55.4 Å². The van der Waals surface area contributed by atoms with E-state index in [9.17, 15) is 24.0 Å². The lowest BCUT2D eigenvalue weighted by Gasteiger charge is -2.36. The van der Waals surface area contributed by atoms with Crippen molar-refractivity contribution in [2.75, 3.05) is 6.54 Å². The average Bonchev–Trinajstić information content (AvgIpc) is 3.28. The number of ketones is 1. The van der Waals surface area contributed by atoms with Gasteiger partial charge in [0.1, 0.15) is 12.1 Å². The zero-order valence-electron chi connectivity index (χ0n) is 26.0. The summed E-state index contributed by atoms with van der Waals surface area (Å²) in [7, 11) is 0. The van der Waals surface area contributed by atoms with Crippen LogP contribution >= 0.6 is 0 Å². The number of primary amides is 1. The maximum Gasteiger partial charge on any atom is 0.315 e. The molecule has 10 nitrogen and oxygen atoms in total. The first-order chi connectivity index (χ1) is 18.0. The number of rotatable bonds is 8. The van der Waals surface area contributed by atoms with E-state index in [1.165, 1.54) is 11.3 Å². The van der Waals surface area contributed by atoms with Gasteiger partial charge in [0, 0.05) is 12.1 Å². The molecule has 3 atom stereocenters. The molecular formula is C29H55N5O5. The van der Waals surface area contributed by atoms with Gasteiger partial charge in [0.25, 0.3) is 5.91 Å². The summed E-state index contributed by atoms with van der Waals surface area (Å²) in [6.45, 7) is 19.7. The van der Waals surface area contributed by atoms with Gasteiger partial charge >= 0.3 is 6.03 Å². The second-order valence-corrected chi connectivity index (χ2v) is 12.4. The molecule has 1 saturated heterocycles. The van der Waals surface area contributed by atoms with Gasteiger partial charge in [-0.2, -0.15) is 0 Å². The fourth-order valence-electron chi connectivity index (χ4n) is 4.36. The Morgan fingerprint density at radius 3 is 1.85 bits per heavy atom. The number of urea groups is 1. The molecule has 1 aliphatic heterocycles. The Kier molecular flexibility index (Phi) is 15.3. The molecule has 1 aliphatic carbocycles. The second-order valence-electron chi connectivity index (χ2n) is 12.4. The number of likely N-dealkylation sites (tertiary alicyclic amines) is 1. The van der Waals surface area contributed by atoms with Crippen LogP contribution in [0.1, 0.15) is 114 Å². The van der Waals surface area contributed by atoms with Crippen molar-refractivity contribution in [1.29, 1.82) is 0 Å². The van der Waals surface area contributed by atoms with E-state index in [-0.39, 0.29) is 11.8 Å². The molecule has 10 heteroatoms. The summed E-state index contributed by atoms with van der Waals surface area (Å²) in [5.41, 5.74) is 4.12. The first-order valence-corrected chi connectivity index (χ1v) is 14.5. The number of nitrogens with one attached hydrogen (secondary N) is 3. The predicted octanol–water partition coefficient (Wildman–Crippen LogP) is 3.66. The van der Waals surface area contributed by atoms with E-state index >= 15 is 0 Å². The number of carbonyl (C=O) groups excluding carboxylic acids is 5. The Bertz CT molecular complexity index is 827. The monoisotopic (exact) mass is 553 g/mol. The zero-order chi connectivity index (χ0) is 30.6. The van der Waals surface area contributed by atoms with E-state index in [2.05, 4.69) is 29.8 Å². The van der Waals surface area contributed by atoms with Gasteiger partial charge in [-0.25, -0.2) is 4.79 Å². The van der Waals surface area contributed by atoms with Crippen molar-refractivity contribution < 1.29 is 24.0 Å². The van der Waals surface area contributed by atoms with Crippen molar-refractivity contribution in [3.63, 3.8) is 0 Å². The lowest BCUT2D eigenvalue weighted by molar-refractivity contribution is -0.143. The van der Waals surface area contributed by atoms with E-state index in [0.29, 0.717) is 25.8 Å². The number of nitrogens with two attached hydrogens (primary N) is 1. The van der Waals surface area contributed by atoms with Gasteiger partial charge in [0.15, 0.2) is 0 Å². The third-order valence-corrected chi connectivity index (χ3v) is 6.39. The Morgan fingerprint density at radius 1 is 0.897 bits per heavy atom. The molecule has 2 rings (SSSR count). The quantitative estimate of drug-likeness (QED) is 0.338. The van der Waals surface area contributed by atoms with Crippen LogP contribution in [0.4, 0.5) is 4.79 Å². The molecule has 5 amide bonds. The smallest absolute Gasteiger partial charge is 0.315 e. The van der Waals surface area contributed by atoms with E-state index in [4.69, 9.17) is 5.73 Å². The highest BCUT2D eigenvalue weighted by Crippen LogP contribution is 2.31. The Hall–Kier alpha value is -2.65. The minimum Gasteiger partial charge on any atom is -0.363 e. The number of hydrogen-bond donors (Lipinski definition) is 4. The highest BCUT2D eigenvalue weighted by Gasteiger charge is 2.43. The van der Waals surface area contributed by atoms with Gasteiger partial charge in [-0.3, -0.25) is 19.2 Å². The van der Waals surface area contributed by atoms with Crippen LogP contribution in [0.15, 0.2) is 0 Å². The highest BCUT2D eigenvalue weighted by molar-refractivity contribution is 6.37. The van der Waals surface area contributed by atoms with Crippen molar-refractivity contribution in [3.8, 4) is 0 Å². The first kappa shape index (κ1) is 36.4. The molecule has 0 spiro atoms. The number of amides is 5. The fraction of sp³-hybridized carbons (Fsp3) is 0.828. The van der Waals surface area contributed by atoms with E-state index < -0.39 is 52.7 Å². The first-order valence-electron chi connectivity index (χ1n) is 14.5. The zero-order valence-corrected chi connectivity index (χ0v) is 26.0. The molecule has 39 heavy (non-hydrogen) atoms. The average molecular weight is 554 g/mol. The lowest BCUT2D eigenvalue weighted by atomic mass is 9.80. The largest absolute Gasteiger partial charge is 0.363 e. The van der Waals surface area contributed by atoms with Crippen molar-refractivity contribution >= 4 is 29.5 Å². The molecule has 0 radical (unpaired) electrons. The molecular weight excluding hydrogens is 498 g/mol. The van der Waals surface area contributed by atoms with Crippen molar-refractivity contribution in [2.24, 2.45) is 17.1 Å². The third kappa shape index (κ3) is 12.4. The topological polar surface area (TPSA) is 151 Å². The molecule has 5 N–H and O–H groups in total. The van der Waals surface area contributed by atoms with E-state index in [1.54, 1.807) is 0 Å². The highest BCUT2D eigenvalue weighted by atomic mass is 16.2. The number of carbonyl (C=O) groups is 5. The van der Waals surface area contributed by atoms with Crippen LogP contribution in [0.2, 0.25) is 0 Å². The molecule has 2 fully saturated rings. The molecule has 226 valence electrons. The van der Waals surface area contributed by atoms with Crippen molar-refractivity contribution in [2.45, 2.75) is 138 Å². The van der Waals surface area contributed by atoms with Crippen LogP contribution in [-0.4, -0.2) is 64.6 Å². The summed E-state index contributed by atoms with van der Waals surface area (Å²) in [6, 6.07) is -3.09. The molecule has 0 aromatic heterocycles. The maximum atomic E-state index is 13.5. The van der Waals surface area contributed by atoms with Gasteiger partial charge in [0.2, 0.25) is 17.6 Å². The van der Waals surface area contributed by atoms with Crippen LogP contribution in [0.5, 0.6) is 0 Å². The van der Waals surface area contributed by atoms with Crippen LogP contribution in [0, 0.1) is 11.3 Å². The number of Topliss-reactive ketones (excluding diaryl/α,β-unsaturated/α-hetero) is 1. The molecule has 0 bridgehead atoms. The van der Waals surface area contributed by atoms with Gasteiger partial charge < -0.3 is 26.6 Å². The van der Waals surface area contributed by atoms with Crippen LogP contribution in [-0.2, 0) is 19.2 Å². The van der Waals surface area contributed by atoms with Crippen LogP contribution < -0.4 is 21.7 Å². The van der Waals surface area contributed by atoms with E-state index in [0.717, 1.165) is 19.3 Å². The molecule has 1 heterocycles. The standard InChI is InChI=1S/C24H41N5O5.C3H8.C2H6/c1-23(2,3)18(27-22(34)28-24(4,5)6)21(33)29-12-8-11-16(29)20(32)26-15(17(30)19(25)31)13-14-9-7-10-14;1-3-2;1-2/h14-16,18H,7-13H2,1-6H3,(H2,25,31)(H,26,32)(H2,27,28,34);3H2,1-2H3;1-2H3. The molecule has 3 unspecified atom stereocenters. The van der Waals surface area contributed by atoms with Gasteiger partial charge in [-0.15, -0.1) is 0 Å². The molecule has 2 aliphatic rings. The summed E-state index contributed by atoms with van der Waals surface area (Å²) in [5.74, 6) is -2.46. The van der Waals surface area contributed by atoms with Crippen molar-refractivity contribution in [3.05, 3.63) is 0 Å². The molecule has 1 saturated carbocycles. The van der Waals surface area contributed by atoms with Gasteiger partial charge in [0.05, 0.1) is 6.04 Å². The van der Waals surface area contributed by atoms with Gasteiger partial charge in [-0.05, 0) is 51.4 Å². The normalized spacial score (nSPS) is 18.6. The van der Waals surface area contributed by atoms with Crippen LogP contribution in [0.3, 0.4) is 0 Å². The lowest BCUT2D eigenvalue weighted by Crippen LogP contribution is -2.61. The molecule has 0 aromatic carbocycles. The molecule has 0 aromatic rings. The Morgan fingerprint density at radius 2 is 1.44 bits per heavy atom. The van der Waals surface area contributed by atoms with Crippen LogP contribution in [0.25, 0.3) is 0 Å².